The Hall–Kier alpha value is -2.48. The number of benzene rings is 1. The van der Waals surface area contributed by atoms with E-state index in [1.54, 1.807) is 20.1 Å². The van der Waals surface area contributed by atoms with Crippen molar-refractivity contribution in [1.82, 2.24) is 4.90 Å². The molecule has 2 heterocycles. The van der Waals surface area contributed by atoms with Gasteiger partial charge in [0.2, 0.25) is 0 Å². The Kier molecular flexibility index (Phi) is 7.22. The molecule has 0 N–H and O–H groups in total. The summed E-state index contributed by atoms with van der Waals surface area (Å²) < 4.78 is 10.5. The summed E-state index contributed by atoms with van der Waals surface area (Å²) in [7, 11) is 1.60. The number of amides is 2. The van der Waals surface area contributed by atoms with Crippen LogP contribution in [-0.4, -0.2) is 54.4 Å². The molecule has 1 atom stereocenters. The quantitative estimate of drug-likeness (QED) is 0.427. The minimum Gasteiger partial charge on any atom is -0.496 e. The van der Waals surface area contributed by atoms with E-state index < -0.39 is 17.1 Å². The summed E-state index contributed by atoms with van der Waals surface area (Å²) in [6, 6.07) is 4.10. The zero-order valence-electron chi connectivity index (χ0n) is 19.7. The van der Waals surface area contributed by atoms with Crippen LogP contribution in [-0.2, 0) is 14.3 Å². The molecule has 32 heavy (non-hydrogen) atoms. The van der Waals surface area contributed by atoms with Gasteiger partial charge in [0.05, 0.1) is 18.6 Å². The summed E-state index contributed by atoms with van der Waals surface area (Å²) in [6.45, 7) is 11.4. The summed E-state index contributed by atoms with van der Waals surface area (Å²) in [5, 5.41) is -0.476. The van der Waals surface area contributed by atoms with Crippen LogP contribution in [0.4, 0.5) is 10.5 Å². The van der Waals surface area contributed by atoms with E-state index in [1.165, 1.54) is 5.56 Å². The van der Waals surface area contributed by atoms with E-state index in [0.29, 0.717) is 11.7 Å². The Balaban J connectivity index is 1.98. The van der Waals surface area contributed by atoms with E-state index in [4.69, 9.17) is 9.47 Å². The number of fused-ring (bicyclic) bond motifs is 1. The predicted molar refractivity (Wildman–Crippen MR) is 127 cm³/mol. The van der Waals surface area contributed by atoms with Gasteiger partial charge in [-0.3, -0.25) is 19.3 Å². The molecule has 8 heteroatoms. The molecule has 1 aromatic rings. The standard InChI is InChI=1S/C24H32N2O5S/c1-7-9-26-18-12-19(30-6)16(10-17(18)15(3)13-24(26,4)5)11-20-22(28)25(23(29)32-20)14-21(27)31-8-2/h10-12,15H,7-9,13-14H2,1-6H3/b20-11-. The summed E-state index contributed by atoms with van der Waals surface area (Å²) in [6.07, 6.45) is 3.74. The number of anilines is 1. The van der Waals surface area contributed by atoms with Crippen LogP contribution >= 0.6 is 11.8 Å². The molecule has 1 fully saturated rings. The van der Waals surface area contributed by atoms with Gasteiger partial charge in [-0.25, -0.2) is 0 Å². The molecule has 2 aliphatic rings. The third-order valence-electron chi connectivity index (χ3n) is 5.94. The second-order valence-electron chi connectivity index (χ2n) is 8.80. The number of thioether (sulfide) groups is 1. The van der Waals surface area contributed by atoms with E-state index in [1.807, 2.05) is 6.07 Å². The number of hydrogen-bond acceptors (Lipinski definition) is 7. The Bertz CT molecular complexity index is 956. The van der Waals surface area contributed by atoms with Gasteiger partial charge in [-0.2, -0.15) is 0 Å². The van der Waals surface area contributed by atoms with Crippen LogP contribution in [0.3, 0.4) is 0 Å². The van der Waals surface area contributed by atoms with Crippen molar-refractivity contribution in [3.05, 3.63) is 28.2 Å². The number of esters is 1. The molecule has 1 aromatic carbocycles. The Morgan fingerprint density at radius 3 is 2.62 bits per heavy atom. The number of imide groups is 1. The van der Waals surface area contributed by atoms with Crippen molar-refractivity contribution in [1.29, 1.82) is 0 Å². The molecular formula is C24H32N2O5S. The maximum Gasteiger partial charge on any atom is 0.326 e. The number of carbonyl (C=O) groups excluding carboxylic acids is 3. The molecule has 0 aromatic heterocycles. The fraction of sp³-hybridized carbons (Fsp3) is 0.542. The molecule has 1 unspecified atom stereocenters. The van der Waals surface area contributed by atoms with Crippen LogP contribution in [0, 0.1) is 0 Å². The topological polar surface area (TPSA) is 76.2 Å². The summed E-state index contributed by atoms with van der Waals surface area (Å²) >= 11 is 0.827. The maximum atomic E-state index is 12.8. The molecule has 0 aliphatic carbocycles. The van der Waals surface area contributed by atoms with Gasteiger partial charge in [-0.1, -0.05) is 13.8 Å². The number of nitrogens with zero attached hydrogens (tertiary/aromatic N) is 2. The first-order valence-corrected chi connectivity index (χ1v) is 11.8. The molecular weight excluding hydrogens is 428 g/mol. The number of rotatable bonds is 7. The molecule has 2 aliphatic heterocycles. The zero-order valence-corrected chi connectivity index (χ0v) is 20.5. The van der Waals surface area contributed by atoms with Crippen molar-refractivity contribution in [3.63, 3.8) is 0 Å². The van der Waals surface area contributed by atoms with Gasteiger partial charge in [0.25, 0.3) is 11.1 Å². The lowest BCUT2D eigenvalue weighted by Gasteiger charge is -2.47. The highest BCUT2D eigenvalue weighted by Crippen LogP contribution is 2.46. The molecule has 2 amide bonds. The van der Waals surface area contributed by atoms with Gasteiger partial charge in [0.15, 0.2) is 0 Å². The van der Waals surface area contributed by atoms with Crippen LogP contribution in [0.2, 0.25) is 0 Å². The van der Waals surface area contributed by atoms with Crippen molar-refractivity contribution in [2.24, 2.45) is 0 Å². The van der Waals surface area contributed by atoms with Crippen molar-refractivity contribution >= 4 is 40.6 Å². The smallest absolute Gasteiger partial charge is 0.326 e. The number of methoxy groups -OCH3 is 1. The summed E-state index contributed by atoms with van der Waals surface area (Å²) in [5.41, 5.74) is 3.14. The monoisotopic (exact) mass is 460 g/mol. The van der Waals surface area contributed by atoms with Gasteiger partial charge < -0.3 is 14.4 Å². The number of carbonyl (C=O) groups is 3. The van der Waals surface area contributed by atoms with E-state index in [-0.39, 0.29) is 23.6 Å². The van der Waals surface area contributed by atoms with Crippen LogP contribution in [0.15, 0.2) is 17.0 Å². The van der Waals surface area contributed by atoms with E-state index in [2.05, 4.69) is 38.7 Å². The maximum absolute atomic E-state index is 12.8. The Labute approximate surface area is 194 Å². The fourth-order valence-corrected chi connectivity index (χ4v) is 5.41. The normalized spacial score (nSPS) is 21.2. The van der Waals surface area contributed by atoms with Crippen LogP contribution in [0.5, 0.6) is 5.75 Å². The fourth-order valence-electron chi connectivity index (χ4n) is 4.58. The number of hydrogen-bond donors (Lipinski definition) is 0. The first-order chi connectivity index (χ1) is 15.1. The lowest BCUT2D eigenvalue weighted by Crippen LogP contribution is -2.48. The van der Waals surface area contributed by atoms with Gasteiger partial charge in [-0.15, -0.1) is 0 Å². The molecule has 0 spiro atoms. The van der Waals surface area contributed by atoms with Crippen molar-refractivity contribution < 1.29 is 23.9 Å². The van der Waals surface area contributed by atoms with Gasteiger partial charge >= 0.3 is 5.97 Å². The zero-order chi connectivity index (χ0) is 23.6. The van der Waals surface area contributed by atoms with Crippen LogP contribution in [0.1, 0.15) is 64.5 Å². The minimum atomic E-state index is -0.602. The molecule has 3 rings (SSSR count). The van der Waals surface area contributed by atoms with Crippen molar-refractivity contribution in [3.8, 4) is 5.75 Å². The van der Waals surface area contributed by atoms with Gasteiger partial charge in [-0.05, 0) is 69.0 Å². The lowest BCUT2D eigenvalue weighted by molar-refractivity contribution is -0.145. The first-order valence-electron chi connectivity index (χ1n) is 11.0. The van der Waals surface area contributed by atoms with Crippen LogP contribution in [0.25, 0.3) is 6.08 Å². The van der Waals surface area contributed by atoms with Crippen LogP contribution < -0.4 is 9.64 Å². The summed E-state index contributed by atoms with van der Waals surface area (Å²) in [5.74, 6) is -0.110. The van der Waals surface area contributed by atoms with E-state index in [0.717, 1.165) is 47.3 Å². The highest BCUT2D eigenvalue weighted by Gasteiger charge is 2.38. The minimum absolute atomic E-state index is 0.0324. The Morgan fingerprint density at radius 2 is 2.00 bits per heavy atom. The lowest BCUT2D eigenvalue weighted by atomic mass is 9.79. The molecule has 0 bridgehead atoms. The molecule has 1 saturated heterocycles. The highest BCUT2D eigenvalue weighted by atomic mass is 32.2. The SMILES string of the molecule is CCCN1c2cc(OC)c(/C=C3\SC(=O)N(CC(=O)OCC)C3=O)cc2C(C)CC1(C)C. The third kappa shape index (κ3) is 4.65. The molecule has 174 valence electrons. The largest absolute Gasteiger partial charge is 0.496 e. The third-order valence-corrected chi connectivity index (χ3v) is 6.84. The van der Waals surface area contributed by atoms with Gasteiger partial charge in [0, 0.05) is 29.4 Å². The highest BCUT2D eigenvalue weighted by molar-refractivity contribution is 8.18. The molecule has 0 saturated carbocycles. The Morgan fingerprint density at radius 1 is 1.28 bits per heavy atom. The average Bonchev–Trinajstić information content (AvgIpc) is 2.98. The van der Waals surface area contributed by atoms with Crippen molar-refractivity contribution in [2.75, 3.05) is 31.7 Å². The van der Waals surface area contributed by atoms with Crippen molar-refractivity contribution in [2.45, 2.75) is 58.9 Å². The summed E-state index contributed by atoms with van der Waals surface area (Å²) in [4.78, 5) is 40.5. The average molecular weight is 461 g/mol. The van der Waals surface area contributed by atoms with E-state index >= 15 is 0 Å². The van der Waals surface area contributed by atoms with Gasteiger partial charge in [0.1, 0.15) is 12.3 Å². The molecule has 0 radical (unpaired) electrons. The molecule has 7 nitrogen and oxygen atoms in total. The second-order valence-corrected chi connectivity index (χ2v) is 9.79. The second kappa shape index (κ2) is 9.57. The first kappa shape index (κ1) is 24.2. The predicted octanol–water partition coefficient (Wildman–Crippen LogP) is 4.80. The van der Waals surface area contributed by atoms with E-state index in [9.17, 15) is 14.4 Å². The number of ether oxygens (including phenoxy) is 2.